The standard InChI is InChI=1S/C20H27IN2O17P4/c1-2-3-8-16-36-17-13(35-19(18(17)37-16)23-10-9-15(24)22-20(23)25)11-34-42(28,29)39-44(32,33)40-43(30,31)38-41(26,27)14-7-5-4-6-12(14)21/h4-7,9-10,13,16-19H,2-3,8,11H2,1H3,(H,26,27)(H,28,29)(H,30,31)(H,32,33)(H,22,24,25)/p-4/t13-,16?,17+,18?,19-/m1/s1. The van der Waals surface area contributed by atoms with Crippen molar-refractivity contribution >= 4 is 59.0 Å². The van der Waals surface area contributed by atoms with Crippen LogP contribution in [0.5, 0.6) is 0 Å². The molecular formula is C20H23IN2O17P4-4. The molecule has 3 heterocycles. The van der Waals surface area contributed by atoms with E-state index in [1.165, 1.54) is 18.2 Å². The average molecular weight is 814 g/mol. The number of nitrogens with one attached hydrogen (secondary N) is 1. The highest BCUT2D eigenvalue weighted by molar-refractivity contribution is 14.1. The Morgan fingerprint density at radius 2 is 1.55 bits per heavy atom. The fourth-order valence-corrected chi connectivity index (χ4v) is 10.7. The third kappa shape index (κ3) is 9.13. The first-order valence-corrected chi connectivity index (χ1v) is 19.5. The molecule has 0 amide bonds. The highest BCUT2D eigenvalue weighted by Gasteiger charge is 2.53. The molecule has 2 aliphatic rings. The Balaban J connectivity index is 1.43. The van der Waals surface area contributed by atoms with Gasteiger partial charge in [0.15, 0.2) is 20.1 Å². The Hall–Kier alpha value is -0.890. The van der Waals surface area contributed by atoms with E-state index in [1.807, 2.05) is 11.9 Å². The van der Waals surface area contributed by atoms with E-state index in [0.717, 1.165) is 29.3 Å². The Labute approximate surface area is 261 Å². The van der Waals surface area contributed by atoms with Crippen LogP contribution in [0.2, 0.25) is 0 Å². The topological polar surface area (TPSA) is 280 Å². The molecule has 0 saturated carbocycles. The molecule has 24 heteroatoms. The minimum Gasteiger partial charge on any atom is -0.775 e. The van der Waals surface area contributed by atoms with Crippen molar-refractivity contribution in [1.29, 1.82) is 0 Å². The zero-order valence-electron chi connectivity index (χ0n) is 22.2. The summed E-state index contributed by atoms with van der Waals surface area (Å²) in [5, 5.41) is -0.618. The summed E-state index contributed by atoms with van der Waals surface area (Å²) >= 11 is 1.55. The number of phosphoric acid groups is 3. The molecule has 2 fully saturated rings. The van der Waals surface area contributed by atoms with Crippen LogP contribution in [0.25, 0.3) is 0 Å². The van der Waals surface area contributed by atoms with Crippen LogP contribution in [-0.4, -0.2) is 40.8 Å². The van der Waals surface area contributed by atoms with Gasteiger partial charge >= 0.3 is 5.69 Å². The monoisotopic (exact) mass is 814 g/mol. The van der Waals surface area contributed by atoms with Crippen molar-refractivity contribution in [2.24, 2.45) is 0 Å². The summed E-state index contributed by atoms with van der Waals surface area (Å²) in [6.07, 6.45) is -2.33. The molecule has 9 atom stereocenters. The molecule has 2 aromatic rings. The minimum absolute atomic E-state index is 0.0276. The molecule has 1 aromatic heterocycles. The smallest absolute Gasteiger partial charge is 0.330 e. The number of H-pyrrole nitrogens is 1. The van der Waals surface area contributed by atoms with Crippen molar-refractivity contribution in [3.8, 4) is 0 Å². The van der Waals surface area contributed by atoms with Gasteiger partial charge in [0.1, 0.15) is 18.3 Å². The molecule has 0 aliphatic carbocycles. The summed E-state index contributed by atoms with van der Waals surface area (Å²) in [7, 11) is -24.1. The van der Waals surface area contributed by atoms with Crippen LogP contribution in [0.1, 0.15) is 32.4 Å². The van der Waals surface area contributed by atoms with E-state index in [0.29, 0.717) is 12.8 Å². The molecule has 4 rings (SSSR count). The molecule has 0 spiro atoms. The fourth-order valence-electron chi connectivity index (χ4n) is 4.21. The summed E-state index contributed by atoms with van der Waals surface area (Å²) in [5.74, 6) is 0. The van der Waals surface area contributed by atoms with E-state index in [1.54, 1.807) is 22.6 Å². The summed E-state index contributed by atoms with van der Waals surface area (Å²) in [4.78, 5) is 74.7. The van der Waals surface area contributed by atoms with Gasteiger partial charge < -0.3 is 42.9 Å². The highest BCUT2D eigenvalue weighted by atomic mass is 127. The molecule has 1 N–H and O–H groups in total. The second kappa shape index (κ2) is 14.1. The van der Waals surface area contributed by atoms with Crippen molar-refractivity contribution in [3.63, 3.8) is 0 Å². The lowest BCUT2D eigenvalue weighted by Gasteiger charge is -2.37. The number of rotatable bonds is 14. The van der Waals surface area contributed by atoms with Gasteiger partial charge in [-0.25, -0.2) is 13.4 Å². The largest absolute Gasteiger partial charge is 0.775 e. The summed E-state index contributed by atoms with van der Waals surface area (Å²) in [6, 6.07) is 5.96. The molecular weight excluding hydrogens is 791 g/mol. The lowest BCUT2D eigenvalue weighted by molar-refractivity contribution is -0.251. The summed E-state index contributed by atoms with van der Waals surface area (Å²) in [6.45, 7) is 0.942. The van der Waals surface area contributed by atoms with Gasteiger partial charge in [0.05, 0.1) is 6.61 Å². The molecule has 0 radical (unpaired) electrons. The van der Waals surface area contributed by atoms with Crippen LogP contribution in [0, 0.1) is 3.57 Å². The summed E-state index contributed by atoms with van der Waals surface area (Å²) in [5.41, 5.74) is -1.57. The predicted molar refractivity (Wildman–Crippen MR) is 147 cm³/mol. The van der Waals surface area contributed by atoms with Gasteiger partial charge in [0, 0.05) is 21.1 Å². The third-order valence-electron chi connectivity index (χ3n) is 5.97. The number of halogens is 1. The van der Waals surface area contributed by atoms with Crippen LogP contribution < -0.4 is 36.1 Å². The van der Waals surface area contributed by atoms with Gasteiger partial charge in [-0.1, -0.05) is 25.5 Å². The van der Waals surface area contributed by atoms with Crippen molar-refractivity contribution in [3.05, 3.63) is 60.9 Å². The van der Waals surface area contributed by atoms with Crippen LogP contribution in [-0.2, 0) is 49.9 Å². The number of aromatic amines is 1. The predicted octanol–water partition coefficient (Wildman–Crippen LogP) is -0.311. The second-order valence-electron chi connectivity index (χ2n) is 9.19. The van der Waals surface area contributed by atoms with E-state index in [-0.39, 0.29) is 3.57 Å². The third-order valence-corrected chi connectivity index (χ3v) is 13.6. The molecule has 2 aliphatic heterocycles. The fraction of sp³-hybridized carbons (Fsp3) is 0.500. The van der Waals surface area contributed by atoms with E-state index in [9.17, 15) is 47.4 Å². The molecule has 44 heavy (non-hydrogen) atoms. The molecule has 19 nitrogen and oxygen atoms in total. The quantitative estimate of drug-likeness (QED) is 0.189. The Kier molecular flexibility index (Phi) is 11.5. The molecule has 2 saturated heterocycles. The number of unbranched alkanes of at least 4 members (excludes halogenated alkanes) is 1. The lowest BCUT2D eigenvalue weighted by atomic mass is 10.1. The minimum atomic E-state index is -6.39. The maximum atomic E-state index is 12.4. The van der Waals surface area contributed by atoms with Crippen molar-refractivity contribution in [2.75, 3.05) is 6.61 Å². The number of benzene rings is 1. The first kappa shape index (κ1) is 36.0. The Bertz CT molecular complexity index is 1670. The number of aromatic nitrogens is 2. The summed E-state index contributed by atoms with van der Waals surface area (Å²) < 4.78 is 83.1. The number of hydrogen-bond acceptors (Lipinski definition) is 17. The number of hydrogen-bond donors (Lipinski definition) is 1. The Morgan fingerprint density at radius 1 is 0.909 bits per heavy atom. The van der Waals surface area contributed by atoms with Crippen LogP contribution in [0.15, 0.2) is 46.1 Å². The van der Waals surface area contributed by atoms with Crippen LogP contribution >= 0.6 is 53.7 Å². The van der Waals surface area contributed by atoms with Crippen LogP contribution in [0.3, 0.4) is 0 Å². The molecule has 6 unspecified atom stereocenters. The van der Waals surface area contributed by atoms with Gasteiger partial charge in [-0.05, 0) is 47.6 Å². The average Bonchev–Trinajstić information content (AvgIpc) is 3.43. The number of phosphoric ester groups is 1. The van der Waals surface area contributed by atoms with E-state index < -0.39 is 85.1 Å². The first-order chi connectivity index (χ1) is 20.4. The normalized spacial score (nSPS) is 28.8. The van der Waals surface area contributed by atoms with Crippen LogP contribution in [0.4, 0.5) is 0 Å². The van der Waals surface area contributed by atoms with Crippen molar-refractivity contribution < 1.29 is 69.5 Å². The highest BCUT2D eigenvalue weighted by Crippen LogP contribution is 2.66. The molecule has 0 bridgehead atoms. The number of nitrogens with zero attached hydrogens (tertiary/aromatic N) is 1. The zero-order chi connectivity index (χ0) is 32.5. The molecule has 246 valence electrons. The van der Waals surface area contributed by atoms with Gasteiger partial charge in [0.2, 0.25) is 0 Å². The maximum Gasteiger partial charge on any atom is 0.330 e. The van der Waals surface area contributed by atoms with E-state index in [4.69, 9.17) is 14.2 Å². The molecule has 1 aromatic carbocycles. The van der Waals surface area contributed by atoms with E-state index >= 15 is 0 Å². The van der Waals surface area contributed by atoms with E-state index in [2.05, 4.69) is 17.5 Å². The maximum absolute atomic E-state index is 12.4. The number of ether oxygens (including phenoxy) is 3. The van der Waals surface area contributed by atoms with Gasteiger partial charge in [0.25, 0.3) is 29.0 Å². The van der Waals surface area contributed by atoms with Crippen molar-refractivity contribution in [1.82, 2.24) is 9.55 Å². The van der Waals surface area contributed by atoms with Gasteiger partial charge in [-0.2, -0.15) is 0 Å². The zero-order valence-corrected chi connectivity index (χ0v) is 28.0. The first-order valence-electron chi connectivity index (χ1n) is 12.5. The SMILES string of the molecule is CCCCC1OC2[C@@H](O1)[C@@H](COP(=O)([O-])OP(=O)([O-])OP(=O)([O-])OP(=O)([O-])c1ccccc1I)O[C@H]2n1ccc(=O)[nH]c1=O. The van der Waals surface area contributed by atoms with Crippen molar-refractivity contribution in [2.45, 2.75) is 57.0 Å². The van der Waals surface area contributed by atoms with Gasteiger partial charge in [-0.3, -0.25) is 32.4 Å². The lowest BCUT2D eigenvalue weighted by Crippen LogP contribution is -2.36. The number of fused-ring (bicyclic) bond motifs is 1. The Morgan fingerprint density at radius 3 is 2.20 bits per heavy atom. The van der Waals surface area contributed by atoms with Gasteiger partial charge in [-0.15, -0.1) is 0 Å². The second-order valence-corrected chi connectivity index (χ2v) is 16.7.